The van der Waals surface area contributed by atoms with Gasteiger partial charge in [0.15, 0.2) is 0 Å². The molecule has 0 rings (SSSR count). The average molecular weight is 213 g/mol. The summed E-state index contributed by atoms with van der Waals surface area (Å²) in [7, 11) is 1.46. The fourth-order valence-electron chi connectivity index (χ4n) is 0.616. The van der Waals surface area contributed by atoms with Crippen molar-refractivity contribution < 1.29 is 11.0 Å². The predicted octanol–water partition coefficient (Wildman–Crippen LogP) is 2.67. The summed E-state index contributed by atoms with van der Waals surface area (Å²) in [4.78, 5) is 10.9. The Kier molecular flexibility index (Phi) is 13.6. The highest BCUT2D eigenvalue weighted by Crippen LogP contribution is 1.90. The van der Waals surface area contributed by atoms with Gasteiger partial charge in [0.25, 0.3) is 0 Å². The van der Waals surface area contributed by atoms with Gasteiger partial charge in [-0.2, -0.15) is 0 Å². The van der Waals surface area contributed by atoms with Gasteiger partial charge in [-0.1, -0.05) is 39.5 Å². The first-order valence-corrected chi connectivity index (χ1v) is 4.90. The zero-order chi connectivity index (χ0) is 12.1. The van der Waals surface area contributed by atoms with E-state index in [-0.39, 0.29) is 13.9 Å². The highest BCUT2D eigenvalue weighted by Gasteiger charge is 1.99. The molecule has 3 nitrogen and oxygen atoms in total. The second-order valence-corrected chi connectivity index (χ2v) is 2.75. The first-order valence-electron chi connectivity index (χ1n) is 4.90. The SMILES string of the molecule is C=C/C=C(\C=C)NC(=O)COC.CCC.[HH]. The number of carbonyl (C=O) groups is 1. The van der Waals surface area contributed by atoms with Crippen molar-refractivity contribution in [2.45, 2.75) is 20.3 Å². The quantitative estimate of drug-likeness (QED) is 0.713. The lowest BCUT2D eigenvalue weighted by atomic mass is 10.3. The summed E-state index contributed by atoms with van der Waals surface area (Å²) in [6, 6.07) is 0. The van der Waals surface area contributed by atoms with Crippen LogP contribution in [0.15, 0.2) is 37.1 Å². The molecule has 0 aromatic carbocycles. The molecule has 0 aliphatic carbocycles. The van der Waals surface area contributed by atoms with Gasteiger partial charge in [0.1, 0.15) is 6.61 Å². The summed E-state index contributed by atoms with van der Waals surface area (Å²) >= 11 is 0. The van der Waals surface area contributed by atoms with Crippen molar-refractivity contribution in [3.05, 3.63) is 37.1 Å². The van der Waals surface area contributed by atoms with Crippen LogP contribution in [0.1, 0.15) is 21.7 Å². The Morgan fingerprint density at radius 1 is 1.47 bits per heavy atom. The maximum atomic E-state index is 10.9. The van der Waals surface area contributed by atoms with Gasteiger partial charge in [-0.05, 0) is 12.2 Å². The molecule has 0 unspecified atom stereocenters. The molecule has 0 aliphatic heterocycles. The van der Waals surface area contributed by atoms with E-state index in [1.807, 2.05) is 0 Å². The van der Waals surface area contributed by atoms with Crippen molar-refractivity contribution >= 4 is 5.91 Å². The average Bonchev–Trinajstić information content (AvgIpc) is 2.18. The van der Waals surface area contributed by atoms with Crippen LogP contribution in [-0.2, 0) is 9.53 Å². The smallest absolute Gasteiger partial charge is 0.250 e. The Morgan fingerprint density at radius 2 is 2.00 bits per heavy atom. The van der Waals surface area contributed by atoms with Crippen LogP contribution in [-0.4, -0.2) is 19.6 Å². The third kappa shape index (κ3) is 12.6. The Balaban J connectivity index is -0.000000377. The molecular formula is C12H23NO2. The van der Waals surface area contributed by atoms with Crippen LogP contribution >= 0.6 is 0 Å². The fourth-order valence-corrected chi connectivity index (χ4v) is 0.616. The molecule has 15 heavy (non-hydrogen) atoms. The van der Waals surface area contributed by atoms with E-state index in [0.717, 1.165) is 0 Å². The van der Waals surface area contributed by atoms with Crippen LogP contribution in [0.4, 0.5) is 0 Å². The number of nitrogens with one attached hydrogen (secondary N) is 1. The van der Waals surface area contributed by atoms with Crippen LogP contribution in [0.5, 0.6) is 0 Å². The molecule has 88 valence electrons. The van der Waals surface area contributed by atoms with Gasteiger partial charge in [-0.3, -0.25) is 4.79 Å². The zero-order valence-electron chi connectivity index (χ0n) is 9.88. The summed E-state index contributed by atoms with van der Waals surface area (Å²) in [5.41, 5.74) is 0.618. The van der Waals surface area contributed by atoms with Crippen molar-refractivity contribution in [1.29, 1.82) is 0 Å². The van der Waals surface area contributed by atoms with E-state index in [0.29, 0.717) is 5.70 Å². The fraction of sp³-hybridized carbons (Fsp3) is 0.417. The number of methoxy groups -OCH3 is 1. The minimum Gasteiger partial charge on any atom is -0.375 e. The number of ether oxygens (including phenoxy) is 1. The molecule has 0 aliphatic rings. The lowest BCUT2D eigenvalue weighted by molar-refractivity contribution is -0.123. The van der Waals surface area contributed by atoms with Gasteiger partial charge in [0.05, 0.1) is 0 Å². The molecule has 0 heterocycles. The standard InChI is InChI=1S/C9H13NO2.C3H8.H2/c1-4-6-8(5-2)10-9(11)7-12-3;1-3-2;/h4-6H,1-2,7H2,3H3,(H,10,11);3H2,1-2H3;1H/b8-6+;;. The van der Waals surface area contributed by atoms with Crippen molar-refractivity contribution in [3.63, 3.8) is 0 Å². The van der Waals surface area contributed by atoms with E-state index >= 15 is 0 Å². The number of amides is 1. The minimum absolute atomic E-state index is 0. The number of allylic oxidation sites excluding steroid dienone is 3. The first kappa shape index (κ1) is 16.1. The van der Waals surface area contributed by atoms with Crippen molar-refractivity contribution in [2.24, 2.45) is 0 Å². The van der Waals surface area contributed by atoms with E-state index in [4.69, 9.17) is 0 Å². The highest BCUT2D eigenvalue weighted by molar-refractivity contribution is 5.79. The van der Waals surface area contributed by atoms with Crippen LogP contribution in [0, 0.1) is 0 Å². The van der Waals surface area contributed by atoms with E-state index in [2.05, 4.69) is 37.1 Å². The van der Waals surface area contributed by atoms with E-state index < -0.39 is 0 Å². The molecule has 1 amide bonds. The Hall–Kier alpha value is -1.35. The maximum absolute atomic E-state index is 10.9. The van der Waals surface area contributed by atoms with Crippen molar-refractivity contribution in [3.8, 4) is 0 Å². The molecule has 0 spiro atoms. The first-order chi connectivity index (χ1) is 7.15. The maximum Gasteiger partial charge on any atom is 0.250 e. The number of rotatable bonds is 5. The van der Waals surface area contributed by atoms with Gasteiger partial charge >= 0.3 is 0 Å². The van der Waals surface area contributed by atoms with Gasteiger partial charge in [-0.25, -0.2) is 0 Å². The molecule has 3 heteroatoms. The second kappa shape index (κ2) is 12.7. The van der Waals surface area contributed by atoms with Gasteiger partial charge in [-0.15, -0.1) is 0 Å². The highest BCUT2D eigenvalue weighted by atomic mass is 16.5. The molecule has 0 fully saturated rings. The number of hydrogen-bond acceptors (Lipinski definition) is 2. The Labute approximate surface area is 94.0 Å². The molecule has 0 aromatic rings. The summed E-state index contributed by atoms with van der Waals surface area (Å²) in [6.45, 7) is 11.3. The molecule has 0 saturated carbocycles. The van der Waals surface area contributed by atoms with Crippen molar-refractivity contribution in [1.82, 2.24) is 5.32 Å². The monoisotopic (exact) mass is 213 g/mol. The normalized spacial score (nSPS) is 9.67. The van der Waals surface area contributed by atoms with Crippen LogP contribution in [0.2, 0.25) is 0 Å². The largest absolute Gasteiger partial charge is 0.375 e. The Bertz CT molecular complexity index is 225. The summed E-state index contributed by atoms with van der Waals surface area (Å²) in [5.74, 6) is -0.203. The lowest BCUT2D eigenvalue weighted by Gasteiger charge is -2.03. The third-order valence-electron chi connectivity index (χ3n) is 1.08. The molecule has 0 bridgehead atoms. The second-order valence-electron chi connectivity index (χ2n) is 2.75. The topological polar surface area (TPSA) is 38.3 Å². The number of hydrogen-bond donors (Lipinski definition) is 1. The van der Waals surface area contributed by atoms with Crippen LogP contribution in [0.25, 0.3) is 0 Å². The lowest BCUT2D eigenvalue weighted by Crippen LogP contribution is -2.25. The number of carbonyl (C=O) groups excluding carboxylic acids is 1. The third-order valence-corrected chi connectivity index (χ3v) is 1.08. The van der Waals surface area contributed by atoms with Crippen molar-refractivity contribution in [2.75, 3.05) is 13.7 Å². The van der Waals surface area contributed by atoms with Crippen LogP contribution < -0.4 is 5.32 Å². The molecule has 0 atom stereocenters. The minimum atomic E-state index is -0.203. The Morgan fingerprint density at radius 3 is 2.33 bits per heavy atom. The van der Waals surface area contributed by atoms with Crippen LogP contribution in [0.3, 0.4) is 0 Å². The molecule has 1 N–H and O–H groups in total. The van der Waals surface area contributed by atoms with Gasteiger partial charge in [0.2, 0.25) is 5.91 Å². The van der Waals surface area contributed by atoms with E-state index in [9.17, 15) is 4.79 Å². The summed E-state index contributed by atoms with van der Waals surface area (Å²) in [6.07, 6.45) is 6.01. The van der Waals surface area contributed by atoms with E-state index in [1.54, 1.807) is 12.2 Å². The molecule has 0 saturated heterocycles. The molecular weight excluding hydrogens is 190 g/mol. The molecule has 0 aromatic heterocycles. The van der Waals surface area contributed by atoms with Gasteiger partial charge in [0, 0.05) is 14.2 Å². The summed E-state index contributed by atoms with van der Waals surface area (Å²) < 4.78 is 4.63. The predicted molar refractivity (Wildman–Crippen MR) is 66.6 cm³/mol. The summed E-state index contributed by atoms with van der Waals surface area (Å²) in [5, 5.41) is 2.58. The zero-order valence-corrected chi connectivity index (χ0v) is 9.88. The molecule has 0 radical (unpaired) electrons. The van der Waals surface area contributed by atoms with E-state index in [1.165, 1.54) is 19.6 Å². The van der Waals surface area contributed by atoms with Gasteiger partial charge < -0.3 is 10.1 Å².